The number of hydrogen-bond acceptors (Lipinski definition) is 4. The fraction of sp³-hybridized carbons (Fsp3) is 0.267. The number of nitrogens with one attached hydrogen (secondary N) is 1. The van der Waals surface area contributed by atoms with Gasteiger partial charge in [-0.1, -0.05) is 6.92 Å². The van der Waals surface area contributed by atoms with E-state index in [4.69, 9.17) is 4.42 Å². The molecule has 3 aromatic rings. The van der Waals surface area contributed by atoms with E-state index in [1.807, 2.05) is 0 Å². The molecule has 0 aliphatic heterocycles. The summed E-state index contributed by atoms with van der Waals surface area (Å²) in [6, 6.07) is 2.82. The zero-order valence-electron chi connectivity index (χ0n) is 11.3. The van der Waals surface area contributed by atoms with Crippen molar-refractivity contribution in [2.45, 2.75) is 25.2 Å². The Bertz CT molecular complexity index is 891. The highest BCUT2D eigenvalue weighted by atomic mass is 19.1. The molecule has 1 aliphatic rings. The summed E-state index contributed by atoms with van der Waals surface area (Å²) in [5, 5.41) is 0. The predicted molar refractivity (Wildman–Crippen MR) is 74.4 cm³/mol. The number of hydrogen-bond donors (Lipinski definition) is 1. The predicted octanol–water partition coefficient (Wildman–Crippen LogP) is 2.77. The molecule has 0 atom stereocenters. The van der Waals surface area contributed by atoms with Gasteiger partial charge in [0.15, 0.2) is 11.4 Å². The topological polar surface area (TPSA) is 71.8 Å². The first-order valence-corrected chi connectivity index (χ1v) is 6.71. The quantitative estimate of drug-likeness (QED) is 0.785. The molecule has 1 N–H and O–H groups in total. The van der Waals surface area contributed by atoms with Gasteiger partial charge in [0, 0.05) is 17.2 Å². The number of benzene rings is 1. The number of rotatable bonds is 2. The summed E-state index contributed by atoms with van der Waals surface area (Å²) in [5.74, 6) is -1.22. The fourth-order valence-electron chi connectivity index (χ4n) is 2.43. The molecule has 1 aliphatic carbocycles. The molecule has 5 nitrogen and oxygen atoms in total. The highest BCUT2D eigenvalue weighted by Crippen LogP contribution is 2.46. The van der Waals surface area contributed by atoms with E-state index in [0.717, 1.165) is 18.5 Å². The Morgan fingerprint density at radius 1 is 1.29 bits per heavy atom. The van der Waals surface area contributed by atoms with Crippen molar-refractivity contribution in [1.82, 2.24) is 15.0 Å². The smallest absolute Gasteiger partial charge is 0.407 e. The number of halogens is 1. The van der Waals surface area contributed by atoms with Crippen LogP contribution >= 0.6 is 0 Å². The largest absolute Gasteiger partial charge is 0.417 e. The van der Waals surface area contributed by atoms with Crippen LogP contribution in [0.4, 0.5) is 4.39 Å². The van der Waals surface area contributed by atoms with Crippen LogP contribution in [0.2, 0.25) is 0 Å². The number of aromatic nitrogens is 3. The summed E-state index contributed by atoms with van der Waals surface area (Å²) < 4.78 is 18.7. The Hall–Kier alpha value is -2.50. The Morgan fingerprint density at radius 2 is 2.10 bits per heavy atom. The molecule has 2 aromatic heterocycles. The fourth-order valence-corrected chi connectivity index (χ4v) is 2.43. The van der Waals surface area contributed by atoms with E-state index in [0.29, 0.717) is 11.3 Å². The second kappa shape index (κ2) is 4.00. The monoisotopic (exact) mass is 285 g/mol. The first kappa shape index (κ1) is 12.3. The highest BCUT2D eigenvalue weighted by Gasteiger charge is 2.40. The van der Waals surface area contributed by atoms with Gasteiger partial charge in [0.1, 0.15) is 5.52 Å². The van der Waals surface area contributed by atoms with Crippen molar-refractivity contribution in [3.05, 3.63) is 46.6 Å². The van der Waals surface area contributed by atoms with Crippen molar-refractivity contribution < 1.29 is 8.81 Å². The van der Waals surface area contributed by atoms with Crippen LogP contribution in [-0.4, -0.2) is 15.0 Å². The maximum absolute atomic E-state index is 13.7. The van der Waals surface area contributed by atoms with Crippen LogP contribution in [0.5, 0.6) is 0 Å². The minimum absolute atomic E-state index is 0.0533. The van der Waals surface area contributed by atoms with Crippen molar-refractivity contribution in [2.24, 2.45) is 0 Å². The third kappa shape index (κ3) is 1.86. The van der Waals surface area contributed by atoms with Crippen molar-refractivity contribution in [1.29, 1.82) is 0 Å². The van der Waals surface area contributed by atoms with E-state index in [1.54, 1.807) is 12.4 Å². The molecule has 1 saturated carbocycles. The first-order chi connectivity index (χ1) is 10.1. The number of oxazole rings is 1. The Balaban J connectivity index is 1.86. The number of nitrogens with zero attached hydrogens (tertiary/aromatic N) is 2. The van der Waals surface area contributed by atoms with Crippen LogP contribution in [0.3, 0.4) is 0 Å². The lowest BCUT2D eigenvalue weighted by Gasteiger charge is -2.07. The molecular formula is C15H12FN3O2. The molecule has 106 valence electrons. The van der Waals surface area contributed by atoms with Crippen molar-refractivity contribution >= 4 is 11.1 Å². The van der Waals surface area contributed by atoms with E-state index >= 15 is 0 Å². The third-order valence-electron chi connectivity index (χ3n) is 4.07. The Labute approximate surface area is 118 Å². The maximum Gasteiger partial charge on any atom is 0.417 e. The van der Waals surface area contributed by atoms with Gasteiger partial charge in [-0.05, 0) is 25.0 Å². The molecular weight excluding hydrogens is 273 g/mol. The van der Waals surface area contributed by atoms with E-state index in [9.17, 15) is 9.18 Å². The van der Waals surface area contributed by atoms with Gasteiger partial charge in [-0.3, -0.25) is 15.0 Å². The van der Waals surface area contributed by atoms with Crippen LogP contribution in [-0.2, 0) is 5.41 Å². The molecule has 2 heterocycles. The van der Waals surface area contributed by atoms with Gasteiger partial charge in [-0.15, -0.1) is 0 Å². The average molecular weight is 285 g/mol. The molecule has 0 bridgehead atoms. The minimum Gasteiger partial charge on any atom is -0.407 e. The lowest BCUT2D eigenvalue weighted by molar-refractivity contribution is 0.556. The molecule has 1 aromatic carbocycles. The number of aromatic amines is 1. The van der Waals surface area contributed by atoms with Crippen LogP contribution in [0, 0.1) is 5.82 Å². The van der Waals surface area contributed by atoms with Crippen LogP contribution in [0.1, 0.15) is 25.5 Å². The standard InChI is InChI=1S/C15H12FN3O2/c1-15(4-5-15)11-7-17-10(6-18-11)8-2-3-9(16)12-13(8)21-14(20)19-12/h2-3,6-7H,4-5H2,1H3,(H,19,20). The molecule has 0 amide bonds. The zero-order chi connectivity index (χ0) is 14.6. The number of H-pyrrole nitrogens is 1. The molecule has 0 saturated heterocycles. The van der Waals surface area contributed by atoms with Crippen molar-refractivity contribution in [2.75, 3.05) is 0 Å². The molecule has 0 radical (unpaired) electrons. The van der Waals surface area contributed by atoms with Gasteiger partial charge in [-0.2, -0.15) is 0 Å². The molecule has 21 heavy (non-hydrogen) atoms. The molecule has 4 rings (SSSR count). The van der Waals surface area contributed by atoms with E-state index < -0.39 is 11.6 Å². The first-order valence-electron chi connectivity index (χ1n) is 6.71. The van der Waals surface area contributed by atoms with Gasteiger partial charge < -0.3 is 4.42 Å². The second-order valence-electron chi connectivity index (χ2n) is 5.66. The Kier molecular flexibility index (Phi) is 2.34. The van der Waals surface area contributed by atoms with Gasteiger partial charge >= 0.3 is 5.76 Å². The van der Waals surface area contributed by atoms with Crippen molar-refractivity contribution in [3.63, 3.8) is 0 Å². The third-order valence-corrected chi connectivity index (χ3v) is 4.07. The second-order valence-corrected chi connectivity index (χ2v) is 5.66. The van der Waals surface area contributed by atoms with Gasteiger partial charge in [0.05, 0.1) is 17.6 Å². The summed E-state index contributed by atoms with van der Waals surface area (Å²) in [7, 11) is 0. The number of fused-ring (bicyclic) bond motifs is 1. The van der Waals surface area contributed by atoms with E-state index in [-0.39, 0.29) is 16.5 Å². The van der Waals surface area contributed by atoms with Gasteiger partial charge in [0.25, 0.3) is 0 Å². The van der Waals surface area contributed by atoms with Crippen LogP contribution in [0.15, 0.2) is 33.7 Å². The molecule has 0 spiro atoms. The SMILES string of the molecule is CC1(c2cnc(-c3ccc(F)c4[nH]c(=O)oc34)cn2)CC1. The molecule has 6 heteroatoms. The van der Waals surface area contributed by atoms with Crippen LogP contribution in [0.25, 0.3) is 22.4 Å². The lowest BCUT2D eigenvalue weighted by atomic mass is 10.1. The van der Waals surface area contributed by atoms with E-state index in [2.05, 4.69) is 21.9 Å². The van der Waals surface area contributed by atoms with Crippen molar-refractivity contribution in [3.8, 4) is 11.3 Å². The summed E-state index contributed by atoms with van der Waals surface area (Å²) in [6.07, 6.45) is 5.61. The summed E-state index contributed by atoms with van der Waals surface area (Å²) in [5.41, 5.74) is 2.42. The summed E-state index contributed by atoms with van der Waals surface area (Å²) >= 11 is 0. The summed E-state index contributed by atoms with van der Waals surface area (Å²) in [6.45, 7) is 2.15. The van der Waals surface area contributed by atoms with E-state index in [1.165, 1.54) is 12.1 Å². The zero-order valence-corrected chi connectivity index (χ0v) is 11.3. The maximum atomic E-state index is 13.7. The highest BCUT2D eigenvalue weighted by molar-refractivity contribution is 5.88. The normalized spacial score (nSPS) is 16.3. The van der Waals surface area contributed by atoms with Crippen LogP contribution < -0.4 is 5.76 Å². The Morgan fingerprint density at radius 3 is 2.76 bits per heavy atom. The molecule has 0 unspecified atom stereocenters. The van der Waals surface area contributed by atoms with Gasteiger partial charge in [0.2, 0.25) is 0 Å². The average Bonchev–Trinajstić information content (AvgIpc) is 3.10. The van der Waals surface area contributed by atoms with Gasteiger partial charge in [-0.25, -0.2) is 9.18 Å². The lowest BCUT2D eigenvalue weighted by Crippen LogP contribution is -2.04. The summed E-state index contributed by atoms with van der Waals surface area (Å²) in [4.78, 5) is 22.5. The molecule has 1 fully saturated rings. The minimum atomic E-state index is -0.688.